The van der Waals surface area contributed by atoms with E-state index in [1.54, 1.807) is 0 Å². The first kappa shape index (κ1) is 11.5. The third kappa shape index (κ3) is 2.59. The summed E-state index contributed by atoms with van der Waals surface area (Å²) in [5, 5.41) is 3.94. The van der Waals surface area contributed by atoms with Crippen LogP contribution in [0.3, 0.4) is 0 Å². The summed E-state index contributed by atoms with van der Waals surface area (Å²) >= 11 is 0. The quantitative estimate of drug-likeness (QED) is 0.845. The molecule has 2 N–H and O–H groups in total. The molecule has 0 amide bonds. The average Bonchev–Trinajstić information content (AvgIpc) is 2.80. The van der Waals surface area contributed by atoms with Crippen molar-refractivity contribution >= 4 is 0 Å². The van der Waals surface area contributed by atoms with E-state index in [2.05, 4.69) is 17.1 Å². The zero-order valence-electron chi connectivity index (χ0n) is 9.69. The van der Waals surface area contributed by atoms with Gasteiger partial charge in [0.2, 0.25) is 5.89 Å². The molecular formula is C11H19N3O2. The van der Waals surface area contributed by atoms with E-state index in [1.807, 2.05) is 0 Å². The number of hydrogen-bond acceptors (Lipinski definition) is 5. The van der Waals surface area contributed by atoms with Crippen LogP contribution in [-0.4, -0.2) is 23.4 Å². The predicted molar refractivity (Wildman–Crippen MR) is 58.9 cm³/mol. The minimum Gasteiger partial charge on any atom is -0.381 e. The Morgan fingerprint density at radius 2 is 2.44 bits per heavy atom. The van der Waals surface area contributed by atoms with Crippen LogP contribution >= 0.6 is 0 Å². The van der Waals surface area contributed by atoms with Gasteiger partial charge in [-0.3, -0.25) is 0 Å². The van der Waals surface area contributed by atoms with E-state index in [0.29, 0.717) is 18.3 Å². The van der Waals surface area contributed by atoms with Crippen molar-refractivity contribution in [2.45, 2.75) is 44.6 Å². The minimum absolute atomic E-state index is 0.105. The van der Waals surface area contributed by atoms with Gasteiger partial charge in [-0.1, -0.05) is 18.5 Å². The molecule has 0 aromatic carbocycles. The third-order valence-corrected chi connectivity index (χ3v) is 2.90. The SMILES string of the molecule is CCCC(N)c1noc(C2CCCOC2)n1. The first-order valence-corrected chi connectivity index (χ1v) is 5.98. The van der Waals surface area contributed by atoms with Crippen molar-refractivity contribution in [3.05, 3.63) is 11.7 Å². The number of ether oxygens (including phenoxy) is 1. The Labute approximate surface area is 95.3 Å². The Bertz CT molecular complexity index is 321. The van der Waals surface area contributed by atoms with Gasteiger partial charge < -0.3 is 15.0 Å². The lowest BCUT2D eigenvalue weighted by Gasteiger charge is -2.18. The molecule has 0 saturated carbocycles. The maximum atomic E-state index is 5.93. The van der Waals surface area contributed by atoms with Gasteiger partial charge >= 0.3 is 0 Å². The lowest BCUT2D eigenvalue weighted by molar-refractivity contribution is 0.0705. The molecule has 16 heavy (non-hydrogen) atoms. The zero-order chi connectivity index (χ0) is 11.4. The molecule has 0 spiro atoms. The van der Waals surface area contributed by atoms with Gasteiger partial charge in [-0.2, -0.15) is 4.98 Å². The second-order valence-corrected chi connectivity index (χ2v) is 4.30. The van der Waals surface area contributed by atoms with Crippen LogP contribution in [-0.2, 0) is 4.74 Å². The molecule has 0 bridgehead atoms. The Morgan fingerprint density at radius 3 is 3.12 bits per heavy atom. The van der Waals surface area contributed by atoms with Crippen molar-refractivity contribution in [2.24, 2.45) is 5.73 Å². The van der Waals surface area contributed by atoms with E-state index < -0.39 is 0 Å². The van der Waals surface area contributed by atoms with Crippen LogP contribution in [0.1, 0.15) is 56.3 Å². The first-order chi connectivity index (χ1) is 7.81. The largest absolute Gasteiger partial charge is 0.381 e. The lowest BCUT2D eigenvalue weighted by atomic mass is 10.0. The molecule has 1 aliphatic heterocycles. The second-order valence-electron chi connectivity index (χ2n) is 4.30. The van der Waals surface area contributed by atoms with Gasteiger partial charge in [-0.05, 0) is 19.3 Å². The van der Waals surface area contributed by atoms with E-state index in [-0.39, 0.29) is 12.0 Å². The van der Waals surface area contributed by atoms with Crippen molar-refractivity contribution in [1.29, 1.82) is 0 Å². The number of rotatable bonds is 4. The minimum atomic E-state index is -0.105. The van der Waals surface area contributed by atoms with Gasteiger partial charge in [-0.15, -0.1) is 0 Å². The van der Waals surface area contributed by atoms with Crippen LogP contribution in [0.15, 0.2) is 4.52 Å². The number of nitrogens with two attached hydrogens (primary N) is 1. The molecule has 0 radical (unpaired) electrons. The Balaban J connectivity index is 2.00. The molecule has 0 aliphatic carbocycles. The van der Waals surface area contributed by atoms with Crippen molar-refractivity contribution < 1.29 is 9.26 Å². The second kappa shape index (κ2) is 5.41. The van der Waals surface area contributed by atoms with Gasteiger partial charge in [0.25, 0.3) is 0 Å². The standard InChI is InChI=1S/C11H19N3O2/c1-2-4-9(12)10-13-11(16-14-10)8-5-3-6-15-7-8/h8-9H,2-7,12H2,1H3. The fourth-order valence-corrected chi connectivity index (χ4v) is 1.94. The summed E-state index contributed by atoms with van der Waals surface area (Å²) in [7, 11) is 0. The van der Waals surface area contributed by atoms with Crippen LogP contribution in [0, 0.1) is 0 Å². The lowest BCUT2D eigenvalue weighted by Crippen LogP contribution is -2.16. The van der Waals surface area contributed by atoms with Crippen LogP contribution in [0.25, 0.3) is 0 Å². The van der Waals surface area contributed by atoms with Gasteiger partial charge in [0.15, 0.2) is 5.82 Å². The van der Waals surface area contributed by atoms with Crippen molar-refractivity contribution in [3.63, 3.8) is 0 Å². The maximum Gasteiger partial charge on any atom is 0.232 e. The molecule has 1 aliphatic rings. The molecule has 1 aromatic rings. The molecule has 5 nitrogen and oxygen atoms in total. The van der Waals surface area contributed by atoms with Crippen molar-refractivity contribution in [3.8, 4) is 0 Å². The summed E-state index contributed by atoms with van der Waals surface area (Å²) in [6.45, 7) is 3.62. The number of aromatic nitrogens is 2. The average molecular weight is 225 g/mol. The van der Waals surface area contributed by atoms with Crippen LogP contribution in [0.2, 0.25) is 0 Å². The van der Waals surface area contributed by atoms with Gasteiger partial charge in [0, 0.05) is 6.61 Å². The molecule has 2 atom stereocenters. The molecule has 2 heterocycles. The summed E-state index contributed by atoms with van der Waals surface area (Å²) in [6.07, 6.45) is 4.03. The van der Waals surface area contributed by atoms with Gasteiger partial charge in [0.05, 0.1) is 18.6 Å². The van der Waals surface area contributed by atoms with Gasteiger partial charge in [0.1, 0.15) is 0 Å². The monoisotopic (exact) mass is 225 g/mol. The molecule has 2 unspecified atom stereocenters. The molecule has 1 fully saturated rings. The highest BCUT2D eigenvalue weighted by atomic mass is 16.5. The fourth-order valence-electron chi connectivity index (χ4n) is 1.94. The number of nitrogens with zero attached hydrogens (tertiary/aromatic N) is 2. The Hall–Kier alpha value is -0.940. The maximum absolute atomic E-state index is 5.93. The first-order valence-electron chi connectivity index (χ1n) is 5.98. The smallest absolute Gasteiger partial charge is 0.232 e. The third-order valence-electron chi connectivity index (χ3n) is 2.90. The molecule has 5 heteroatoms. The molecule has 2 rings (SSSR count). The summed E-state index contributed by atoms with van der Waals surface area (Å²) in [5.74, 6) is 1.56. The van der Waals surface area contributed by atoms with Crippen molar-refractivity contribution in [2.75, 3.05) is 13.2 Å². The summed E-state index contributed by atoms with van der Waals surface area (Å²) in [5.41, 5.74) is 5.93. The molecular weight excluding hydrogens is 206 g/mol. The van der Waals surface area contributed by atoms with E-state index >= 15 is 0 Å². The topological polar surface area (TPSA) is 74.2 Å². The van der Waals surface area contributed by atoms with Crippen LogP contribution < -0.4 is 5.73 Å². The molecule has 1 aromatic heterocycles. The number of hydrogen-bond donors (Lipinski definition) is 1. The fraction of sp³-hybridized carbons (Fsp3) is 0.818. The Kier molecular flexibility index (Phi) is 3.90. The highest BCUT2D eigenvalue weighted by molar-refractivity contribution is 4.98. The van der Waals surface area contributed by atoms with E-state index in [1.165, 1.54) is 0 Å². The summed E-state index contributed by atoms with van der Waals surface area (Å²) in [4.78, 5) is 4.37. The molecule has 90 valence electrons. The summed E-state index contributed by atoms with van der Waals surface area (Å²) in [6, 6.07) is -0.105. The molecule has 1 saturated heterocycles. The zero-order valence-corrected chi connectivity index (χ0v) is 9.69. The normalized spacial score (nSPS) is 23.2. The Morgan fingerprint density at radius 1 is 1.56 bits per heavy atom. The summed E-state index contributed by atoms with van der Waals surface area (Å²) < 4.78 is 10.6. The van der Waals surface area contributed by atoms with E-state index in [9.17, 15) is 0 Å². The predicted octanol–water partition coefficient (Wildman–Crippen LogP) is 1.76. The highest BCUT2D eigenvalue weighted by Gasteiger charge is 2.23. The van der Waals surface area contributed by atoms with Crippen molar-refractivity contribution in [1.82, 2.24) is 10.1 Å². The van der Waals surface area contributed by atoms with Crippen LogP contribution in [0.5, 0.6) is 0 Å². The van der Waals surface area contributed by atoms with E-state index in [4.69, 9.17) is 15.0 Å². The van der Waals surface area contributed by atoms with Gasteiger partial charge in [-0.25, -0.2) is 0 Å². The van der Waals surface area contributed by atoms with E-state index in [0.717, 1.165) is 32.3 Å². The van der Waals surface area contributed by atoms with Crippen LogP contribution in [0.4, 0.5) is 0 Å². The highest BCUT2D eigenvalue weighted by Crippen LogP contribution is 2.25.